The molecule has 0 bridgehead atoms. The van der Waals surface area contributed by atoms with Crippen LogP contribution in [-0.4, -0.2) is 89.5 Å². The smallest absolute Gasteiger partial charge is 0.410 e. The Hall–Kier alpha value is -4.85. The maximum Gasteiger partial charge on any atom is 0.410 e. The Bertz CT molecular complexity index is 1590. The molecule has 2 amide bonds. The van der Waals surface area contributed by atoms with Crippen LogP contribution in [-0.2, 0) is 20.9 Å². The molecule has 3 aromatic rings. The van der Waals surface area contributed by atoms with E-state index in [9.17, 15) is 29.9 Å². The lowest BCUT2D eigenvalue weighted by atomic mass is 9.94. The second-order valence-electron chi connectivity index (χ2n) is 10.5. The molecule has 0 radical (unpaired) electrons. The van der Waals surface area contributed by atoms with Gasteiger partial charge in [-0.15, -0.1) is 0 Å². The van der Waals surface area contributed by atoms with E-state index in [0.717, 1.165) is 12.8 Å². The number of rotatable bonds is 7. The number of nitro benzene ring substituents is 1. The highest BCUT2D eigenvalue weighted by molar-refractivity contribution is 5.83. The molecule has 4 atom stereocenters. The largest absolute Gasteiger partial charge is 0.445 e. The molecular weight excluding hydrogens is 576 g/mol. The van der Waals surface area contributed by atoms with Crippen molar-refractivity contribution in [1.82, 2.24) is 29.7 Å². The molecule has 16 nitrogen and oxygen atoms in total. The second-order valence-corrected chi connectivity index (χ2v) is 10.5. The maximum absolute atomic E-state index is 12.5. The first-order valence-electron chi connectivity index (χ1n) is 14.1. The van der Waals surface area contributed by atoms with E-state index < -0.39 is 41.5 Å². The number of ether oxygens (including phenoxy) is 2. The van der Waals surface area contributed by atoms with Gasteiger partial charge in [-0.2, -0.15) is 0 Å². The summed E-state index contributed by atoms with van der Waals surface area (Å²) in [6.07, 6.45) is -2.39. The Balaban J connectivity index is 1.16. The second kappa shape index (κ2) is 13.2. The number of imidazole rings is 1. The number of aromatic nitrogens is 4. The van der Waals surface area contributed by atoms with Crippen LogP contribution >= 0.6 is 0 Å². The highest BCUT2D eigenvalue weighted by Gasteiger charge is 2.47. The molecule has 1 unspecified atom stereocenters. The molecule has 2 aliphatic heterocycles. The minimum absolute atomic E-state index is 0.0236. The molecule has 0 saturated carbocycles. The van der Waals surface area contributed by atoms with Crippen LogP contribution in [0.15, 0.2) is 30.6 Å². The summed E-state index contributed by atoms with van der Waals surface area (Å²) in [7, 11) is 0. The van der Waals surface area contributed by atoms with Gasteiger partial charge in [0.25, 0.3) is 11.6 Å². The van der Waals surface area contributed by atoms with Gasteiger partial charge in [0.15, 0.2) is 23.8 Å². The number of nitro groups is 1. The third-order valence-corrected chi connectivity index (χ3v) is 7.54. The van der Waals surface area contributed by atoms with Crippen LogP contribution in [0.3, 0.4) is 0 Å². The fourth-order valence-electron chi connectivity index (χ4n) is 5.11. The molecule has 0 spiro atoms. The number of nitrogens with zero attached hydrogens (tertiary/aromatic N) is 6. The van der Waals surface area contributed by atoms with Crippen LogP contribution in [0.2, 0.25) is 0 Å². The summed E-state index contributed by atoms with van der Waals surface area (Å²) in [6, 6.07) is 5.84. The number of carbonyl (C=O) groups excluding carboxylic acids is 2. The standard InChI is InChI=1S/C28H32N8O8/c1-2-30-26(39)23-21(37)22(38)27(44-23)35-15-31-20-24(29)32-19(33-25(20)35)5-3-4-16-10-12-34(13-11-16)28(40)43-14-17-6-8-18(9-7-17)36(41)42/h6-9,15-16,21-23,27,37-38H,2,4,10-14H2,1H3,(H,30,39)(H2,29,32,33)/t21?,22-,23-,27+/m0/s1. The van der Waals surface area contributed by atoms with Crippen molar-refractivity contribution in [2.75, 3.05) is 25.4 Å². The number of hydrogen-bond acceptors (Lipinski definition) is 12. The van der Waals surface area contributed by atoms with Gasteiger partial charge in [-0.05, 0) is 49.3 Å². The Kier molecular flexibility index (Phi) is 9.18. The lowest BCUT2D eigenvalue weighted by molar-refractivity contribution is -0.384. The number of nitrogens with one attached hydrogen (secondary N) is 1. The zero-order chi connectivity index (χ0) is 31.4. The SMILES string of the molecule is CCNC(=O)[C@H]1O[C@@H](n2cnc3c(N)nc(C#CCC4CCN(C(=O)OCc5ccc([N+](=O)[O-])cc5)CC4)nc32)[C@@H](O)C1O. The van der Waals surface area contributed by atoms with E-state index in [1.54, 1.807) is 24.0 Å². The van der Waals surface area contributed by atoms with Gasteiger partial charge in [-0.25, -0.2) is 19.7 Å². The number of fused-ring (bicyclic) bond motifs is 1. The topological polar surface area (TPSA) is 221 Å². The van der Waals surface area contributed by atoms with Crippen LogP contribution in [0, 0.1) is 27.9 Å². The molecule has 2 saturated heterocycles. The first-order valence-corrected chi connectivity index (χ1v) is 14.1. The number of aliphatic hydroxyl groups excluding tert-OH is 2. The number of anilines is 1. The molecule has 2 fully saturated rings. The Labute approximate surface area is 251 Å². The van der Waals surface area contributed by atoms with Gasteiger partial charge in [-0.3, -0.25) is 19.5 Å². The van der Waals surface area contributed by atoms with E-state index in [2.05, 4.69) is 32.1 Å². The van der Waals surface area contributed by atoms with E-state index >= 15 is 0 Å². The molecule has 16 heteroatoms. The number of likely N-dealkylation sites (N-methyl/N-ethyl adjacent to an activating group) is 1. The summed E-state index contributed by atoms with van der Waals surface area (Å²) in [4.78, 5) is 49.5. The van der Waals surface area contributed by atoms with Crippen LogP contribution in [0.5, 0.6) is 0 Å². The zero-order valence-electron chi connectivity index (χ0n) is 23.8. The summed E-state index contributed by atoms with van der Waals surface area (Å²) < 4.78 is 12.4. The van der Waals surface area contributed by atoms with Gasteiger partial charge >= 0.3 is 6.09 Å². The molecule has 2 aliphatic rings. The molecule has 5 rings (SSSR count). The van der Waals surface area contributed by atoms with Crippen LogP contribution < -0.4 is 11.1 Å². The number of likely N-dealkylation sites (tertiary alicyclic amines) is 1. The van der Waals surface area contributed by atoms with Crippen molar-refractivity contribution in [3.8, 4) is 11.8 Å². The highest BCUT2D eigenvalue weighted by Crippen LogP contribution is 2.32. The van der Waals surface area contributed by atoms with Gasteiger partial charge in [0.05, 0.1) is 11.3 Å². The normalized spacial score (nSPS) is 21.9. The van der Waals surface area contributed by atoms with Gasteiger partial charge in [0, 0.05) is 38.2 Å². The van der Waals surface area contributed by atoms with E-state index in [0.29, 0.717) is 31.6 Å². The number of non-ortho nitro benzene ring substituents is 1. The number of benzene rings is 1. The average molecular weight is 609 g/mol. The van der Waals surface area contributed by atoms with Gasteiger partial charge in [0.1, 0.15) is 24.3 Å². The summed E-state index contributed by atoms with van der Waals surface area (Å²) in [5.41, 5.74) is 7.22. The first-order chi connectivity index (χ1) is 21.2. The number of amides is 2. The zero-order valence-corrected chi connectivity index (χ0v) is 23.8. The maximum atomic E-state index is 12.5. The Morgan fingerprint density at radius 2 is 1.93 bits per heavy atom. The number of nitrogens with two attached hydrogens (primary N) is 1. The fraction of sp³-hybridized carbons (Fsp3) is 0.464. The van der Waals surface area contributed by atoms with Gasteiger partial charge in [-0.1, -0.05) is 5.92 Å². The third kappa shape index (κ3) is 6.54. The van der Waals surface area contributed by atoms with E-state index in [1.165, 1.54) is 23.0 Å². The molecule has 0 aliphatic carbocycles. The molecule has 44 heavy (non-hydrogen) atoms. The van der Waals surface area contributed by atoms with Crippen LogP contribution in [0.4, 0.5) is 16.3 Å². The molecule has 2 aromatic heterocycles. The number of aliphatic hydroxyl groups is 2. The third-order valence-electron chi connectivity index (χ3n) is 7.54. The highest BCUT2D eigenvalue weighted by atomic mass is 16.6. The predicted molar refractivity (Wildman–Crippen MR) is 153 cm³/mol. The van der Waals surface area contributed by atoms with Crippen molar-refractivity contribution in [1.29, 1.82) is 0 Å². The molecule has 1 aromatic carbocycles. The lowest BCUT2D eigenvalue weighted by Gasteiger charge is -2.30. The van der Waals surface area contributed by atoms with Crippen LogP contribution in [0.25, 0.3) is 11.2 Å². The van der Waals surface area contributed by atoms with Crippen molar-refractivity contribution >= 4 is 34.7 Å². The molecular formula is C28H32N8O8. The quantitative estimate of drug-likeness (QED) is 0.167. The van der Waals surface area contributed by atoms with Crippen molar-refractivity contribution in [2.45, 2.75) is 57.3 Å². The van der Waals surface area contributed by atoms with Crippen molar-refractivity contribution < 1.29 is 34.2 Å². The molecule has 4 heterocycles. The van der Waals surface area contributed by atoms with Gasteiger partial charge in [0.2, 0.25) is 5.82 Å². The van der Waals surface area contributed by atoms with Crippen molar-refractivity contribution in [2.24, 2.45) is 5.92 Å². The minimum Gasteiger partial charge on any atom is -0.445 e. The van der Waals surface area contributed by atoms with Crippen LogP contribution in [0.1, 0.15) is 43.8 Å². The summed E-state index contributed by atoms with van der Waals surface area (Å²) >= 11 is 0. The van der Waals surface area contributed by atoms with E-state index in [4.69, 9.17) is 15.2 Å². The number of nitrogen functional groups attached to an aromatic ring is 1. The number of piperidine rings is 1. The fourth-order valence-corrected chi connectivity index (χ4v) is 5.11. The average Bonchev–Trinajstić information content (AvgIpc) is 3.57. The van der Waals surface area contributed by atoms with Crippen molar-refractivity contribution in [3.05, 3.63) is 52.1 Å². The summed E-state index contributed by atoms with van der Waals surface area (Å²) in [5, 5.41) is 34.3. The van der Waals surface area contributed by atoms with E-state index in [-0.39, 0.29) is 41.0 Å². The monoisotopic (exact) mass is 608 g/mol. The lowest BCUT2D eigenvalue weighted by Crippen LogP contribution is -2.42. The summed E-state index contributed by atoms with van der Waals surface area (Å²) in [5.74, 6) is 5.91. The van der Waals surface area contributed by atoms with E-state index in [1.807, 2.05) is 0 Å². The Morgan fingerprint density at radius 1 is 1.20 bits per heavy atom. The predicted octanol–water partition coefficient (Wildman–Crippen LogP) is 0.862. The molecule has 5 N–H and O–H groups in total. The van der Waals surface area contributed by atoms with Gasteiger partial charge < -0.3 is 35.6 Å². The number of hydrogen-bond donors (Lipinski definition) is 4. The Morgan fingerprint density at radius 3 is 2.61 bits per heavy atom. The minimum atomic E-state index is -1.45. The molecule has 232 valence electrons. The first kappa shape index (κ1) is 30.6. The van der Waals surface area contributed by atoms with Crippen molar-refractivity contribution in [3.63, 3.8) is 0 Å². The summed E-state index contributed by atoms with van der Waals surface area (Å²) in [6.45, 7) is 3.10. The number of carbonyl (C=O) groups is 2.